The van der Waals surface area contributed by atoms with E-state index in [1.165, 1.54) is 7.11 Å². The van der Waals surface area contributed by atoms with Gasteiger partial charge in [-0.15, -0.1) is 0 Å². The number of morpholine rings is 1. The summed E-state index contributed by atoms with van der Waals surface area (Å²) < 4.78 is 5.23. The number of anilines is 1. The first-order valence-corrected chi connectivity index (χ1v) is 10.5. The maximum atomic E-state index is 12.4. The van der Waals surface area contributed by atoms with Gasteiger partial charge in [-0.25, -0.2) is 0 Å². The molecule has 1 saturated heterocycles. The summed E-state index contributed by atoms with van der Waals surface area (Å²) in [5, 5.41) is 9.33. The number of carbonyl (C=O) groups excluding carboxylic acids is 1. The Morgan fingerprint density at radius 2 is 1.77 bits per heavy atom. The van der Waals surface area contributed by atoms with E-state index in [2.05, 4.69) is 5.48 Å². The van der Waals surface area contributed by atoms with E-state index in [1.807, 2.05) is 19.1 Å². The molecule has 2 aromatic rings. The van der Waals surface area contributed by atoms with Gasteiger partial charge in [0.05, 0.1) is 41.6 Å². The lowest BCUT2D eigenvalue weighted by Gasteiger charge is -2.27. The number of hydrogen-bond acceptors (Lipinski definition) is 5. The van der Waals surface area contributed by atoms with E-state index < -0.39 is 0 Å². The number of nitrogens with one attached hydrogen (secondary N) is 1. The molecule has 1 aliphatic heterocycles. The van der Waals surface area contributed by atoms with Crippen LogP contribution in [0.5, 0.6) is 0 Å². The Labute approximate surface area is 192 Å². The lowest BCUT2D eigenvalue weighted by atomic mass is 10.1. The van der Waals surface area contributed by atoms with Crippen molar-refractivity contribution in [3.8, 4) is 0 Å². The number of aryl methyl sites for hydroxylation is 1. The highest BCUT2D eigenvalue weighted by atomic mass is 35.5. The van der Waals surface area contributed by atoms with E-state index in [0.717, 1.165) is 5.56 Å². The van der Waals surface area contributed by atoms with E-state index >= 15 is 0 Å². The van der Waals surface area contributed by atoms with Crippen LogP contribution in [0.2, 0.25) is 15.1 Å². The van der Waals surface area contributed by atoms with Gasteiger partial charge in [-0.05, 0) is 49.7 Å². The molecule has 0 atom stereocenters. The normalized spacial score (nSPS) is 12.8. The van der Waals surface area contributed by atoms with Crippen molar-refractivity contribution in [2.45, 2.75) is 13.8 Å². The van der Waals surface area contributed by atoms with Crippen LogP contribution >= 0.6 is 34.8 Å². The highest BCUT2D eigenvalue weighted by Crippen LogP contribution is 2.23. The topological polar surface area (TPSA) is 71.0 Å². The number of halogens is 3. The number of ether oxygens (including phenoxy) is 1. The standard InChI is InChI=1S/C12H15ClN2O3.C7H6Cl2.C2H6O/c1-17-14-11-3-2-9(13)8-10(11)12(16)15-4-6-18-7-5-15;1-5-2-3-6(8)7(9)4-5;1-2-3/h2-3,8,14H,4-7H2,1H3;2-4H,1H3;3H,2H2,1H3. The van der Waals surface area contributed by atoms with Crippen molar-refractivity contribution in [3.05, 3.63) is 62.6 Å². The fourth-order valence-corrected chi connectivity index (χ4v) is 2.96. The highest BCUT2D eigenvalue weighted by molar-refractivity contribution is 6.42. The number of rotatable bonds is 3. The Balaban J connectivity index is 0.000000313. The molecule has 166 valence electrons. The zero-order chi connectivity index (χ0) is 22.5. The maximum Gasteiger partial charge on any atom is 0.256 e. The van der Waals surface area contributed by atoms with Crippen molar-refractivity contribution in [1.29, 1.82) is 0 Å². The highest BCUT2D eigenvalue weighted by Gasteiger charge is 2.21. The van der Waals surface area contributed by atoms with Gasteiger partial charge in [0, 0.05) is 24.7 Å². The predicted octanol–water partition coefficient (Wildman–Crippen LogP) is 5.09. The van der Waals surface area contributed by atoms with Crippen LogP contribution < -0.4 is 5.48 Å². The van der Waals surface area contributed by atoms with Gasteiger partial charge in [0.25, 0.3) is 5.91 Å². The molecule has 3 rings (SSSR count). The lowest BCUT2D eigenvalue weighted by Crippen LogP contribution is -2.40. The summed E-state index contributed by atoms with van der Waals surface area (Å²) in [4.78, 5) is 19.0. The average Bonchev–Trinajstić information content (AvgIpc) is 2.74. The molecular formula is C21H27Cl3N2O4. The van der Waals surface area contributed by atoms with Crippen LogP contribution in [0.1, 0.15) is 22.8 Å². The number of hydrogen-bond donors (Lipinski definition) is 2. The van der Waals surface area contributed by atoms with Gasteiger partial charge >= 0.3 is 0 Å². The summed E-state index contributed by atoms with van der Waals surface area (Å²) in [5.41, 5.74) is 4.93. The monoisotopic (exact) mass is 476 g/mol. The minimum absolute atomic E-state index is 0.0691. The third kappa shape index (κ3) is 9.08. The Morgan fingerprint density at radius 3 is 2.30 bits per heavy atom. The number of benzene rings is 2. The molecule has 0 bridgehead atoms. The Hall–Kier alpha value is -1.54. The van der Waals surface area contributed by atoms with Crippen LogP contribution in [-0.4, -0.2) is 55.9 Å². The van der Waals surface area contributed by atoms with Gasteiger partial charge in [0.1, 0.15) is 0 Å². The Kier molecular flexibility index (Phi) is 12.8. The summed E-state index contributed by atoms with van der Waals surface area (Å²) in [6.07, 6.45) is 0. The van der Waals surface area contributed by atoms with Crippen molar-refractivity contribution in [2.75, 3.05) is 45.5 Å². The molecule has 0 radical (unpaired) electrons. The number of nitrogens with zero attached hydrogens (tertiary/aromatic N) is 1. The average molecular weight is 478 g/mol. The molecule has 9 heteroatoms. The zero-order valence-corrected chi connectivity index (χ0v) is 19.5. The first-order chi connectivity index (χ1) is 14.3. The molecule has 30 heavy (non-hydrogen) atoms. The third-order valence-electron chi connectivity index (χ3n) is 3.80. The molecule has 1 fully saturated rings. The molecule has 0 aliphatic carbocycles. The number of aliphatic hydroxyl groups is 1. The smallest absolute Gasteiger partial charge is 0.256 e. The molecule has 1 aliphatic rings. The minimum Gasteiger partial charge on any atom is -0.397 e. The Morgan fingerprint density at radius 1 is 1.13 bits per heavy atom. The van der Waals surface area contributed by atoms with Crippen molar-refractivity contribution in [3.63, 3.8) is 0 Å². The van der Waals surface area contributed by atoms with Crippen molar-refractivity contribution >= 4 is 46.4 Å². The van der Waals surface area contributed by atoms with Gasteiger partial charge in [0.15, 0.2) is 0 Å². The first kappa shape index (κ1) is 26.5. The molecule has 2 aromatic carbocycles. The van der Waals surface area contributed by atoms with Gasteiger partial charge in [0.2, 0.25) is 0 Å². The number of aliphatic hydroxyl groups excluding tert-OH is 1. The van der Waals surface area contributed by atoms with Crippen molar-refractivity contribution < 1.29 is 19.5 Å². The summed E-state index contributed by atoms with van der Waals surface area (Å²) in [5.74, 6) is -0.0691. The van der Waals surface area contributed by atoms with Crippen LogP contribution in [0.4, 0.5) is 5.69 Å². The summed E-state index contributed by atoms with van der Waals surface area (Å²) in [7, 11) is 1.50. The largest absolute Gasteiger partial charge is 0.397 e. The molecule has 1 heterocycles. The minimum atomic E-state index is -0.0691. The van der Waals surface area contributed by atoms with Gasteiger partial charge in [-0.1, -0.05) is 40.9 Å². The summed E-state index contributed by atoms with van der Waals surface area (Å²) in [6, 6.07) is 10.6. The van der Waals surface area contributed by atoms with E-state index in [9.17, 15) is 4.79 Å². The van der Waals surface area contributed by atoms with E-state index in [1.54, 1.807) is 36.1 Å². The predicted molar refractivity (Wildman–Crippen MR) is 123 cm³/mol. The molecule has 0 saturated carbocycles. The summed E-state index contributed by atoms with van der Waals surface area (Å²) in [6.45, 7) is 6.23. The third-order valence-corrected chi connectivity index (χ3v) is 4.77. The van der Waals surface area contributed by atoms with Crippen LogP contribution in [0.3, 0.4) is 0 Å². The fourth-order valence-electron chi connectivity index (χ4n) is 2.43. The Bertz CT molecular complexity index is 800. The second kappa shape index (κ2) is 14.5. The fraction of sp³-hybridized carbons (Fsp3) is 0.381. The van der Waals surface area contributed by atoms with Gasteiger partial charge < -0.3 is 14.7 Å². The second-order valence-corrected chi connectivity index (χ2v) is 7.39. The number of carbonyl (C=O) groups is 1. The summed E-state index contributed by atoms with van der Waals surface area (Å²) >= 11 is 17.3. The zero-order valence-electron chi connectivity index (χ0n) is 17.3. The molecule has 1 amide bonds. The molecule has 0 spiro atoms. The molecule has 0 unspecified atom stereocenters. The number of amides is 1. The van der Waals surface area contributed by atoms with Gasteiger partial charge in [-0.2, -0.15) is 0 Å². The first-order valence-electron chi connectivity index (χ1n) is 9.32. The maximum absolute atomic E-state index is 12.4. The van der Waals surface area contributed by atoms with Crippen LogP contribution in [0.25, 0.3) is 0 Å². The van der Waals surface area contributed by atoms with Crippen molar-refractivity contribution in [2.24, 2.45) is 0 Å². The molecule has 6 nitrogen and oxygen atoms in total. The second-order valence-electron chi connectivity index (χ2n) is 6.13. The van der Waals surface area contributed by atoms with Crippen molar-refractivity contribution in [1.82, 2.24) is 4.90 Å². The van der Waals surface area contributed by atoms with Gasteiger partial charge in [-0.3, -0.25) is 15.1 Å². The lowest BCUT2D eigenvalue weighted by molar-refractivity contribution is 0.0303. The van der Waals surface area contributed by atoms with Crippen LogP contribution in [-0.2, 0) is 9.57 Å². The quantitative estimate of drug-likeness (QED) is 0.603. The molecular weight excluding hydrogens is 451 g/mol. The van der Waals surface area contributed by atoms with Crippen LogP contribution in [0.15, 0.2) is 36.4 Å². The van der Waals surface area contributed by atoms with Crippen LogP contribution in [0, 0.1) is 6.92 Å². The van der Waals surface area contributed by atoms with E-state index in [-0.39, 0.29) is 12.5 Å². The molecule has 2 N–H and O–H groups in total. The molecule has 0 aromatic heterocycles. The SMILES string of the molecule is CCO.CONc1ccc(Cl)cc1C(=O)N1CCOCC1.Cc1ccc(Cl)c(Cl)c1. The van der Waals surface area contributed by atoms with E-state index in [4.69, 9.17) is 49.5 Å². The van der Waals surface area contributed by atoms with E-state index in [0.29, 0.717) is 52.6 Å².